The van der Waals surface area contributed by atoms with Crippen molar-refractivity contribution in [3.05, 3.63) is 109 Å². The molecule has 0 spiro atoms. The Morgan fingerprint density at radius 3 is 1.13 bits per heavy atom. The SMILES string of the molecule is CC/C=C\C/C=C\C/C=C\C/C=C\C/C=C\CCCC(=O)OCC(COP(=O)(O)OCC(CO)OC(=O)CCCCCCC/C=C\CCCCCC)OC(=O)CCCCCCCC/C=C\C/C=C\C/C=C\CCCCC. The Kier molecular flexibility index (Phi) is 54.4. The highest BCUT2D eigenvalue weighted by molar-refractivity contribution is 7.47. The van der Waals surface area contributed by atoms with Gasteiger partial charge in [0, 0.05) is 19.3 Å². The van der Waals surface area contributed by atoms with E-state index in [1.54, 1.807) is 0 Å². The summed E-state index contributed by atoms with van der Waals surface area (Å²) in [4.78, 5) is 48.6. The number of carbonyl (C=O) groups is 3. The fourth-order valence-electron chi connectivity index (χ4n) is 7.63. The van der Waals surface area contributed by atoms with E-state index in [9.17, 15) is 28.9 Å². The van der Waals surface area contributed by atoms with Crippen LogP contribution in [0, 0.1) is 0 Å². The Morgan fingerprint density at radius 1 is 0.382 bits per heavy atom. The molecular formula is C64H107O11P. The minimum Gasteiger partial charge on any atom is -0.462 e. The molecule has 0 rings (SSSR count). The quantitative estimate of drug-likeness (QED) is 0.0197. The van der Waals surface area contributed by atoms with Gasteiger partial charge in [-0.15, -0.1) is 0 Å². The number of esters is 3. The fraction of sp³-hybridized carbons (Fsp3) is 0.672. The minimum atomic E-state index is -4.77. The summed E-state index contributed by atoms with van der Waals surface area (Å²) >= 11 is 0. The number of unbranched alkanes of at least 4 members (excludes halogenated alkanes) is 19. The van der Waals surface area contributed by atoms with Crippen molar-refractivity contribution in [2.24, 2.45) is 0 Å². The molecular weight excluding hydrogens is 976 g/mol. The molecule has 0 heterocycles. The maximum Gasteiger partial charge on any atom is 0.472 e. The molecule has 3 unspecified atom stereocenters. The lowest BCUT2D eigenvalue weighted by atomic mass is 10.1. The van der Waals surface area contributed by atoms with Crippen molar-refractivity contribution in [2.45, 2.75) is 251 Å². The highest BCUT2D eigenvalue weighted by Gasteiger charge is 2.28. The standard InChI is InChI=1S/C64H107O11P/c1-4-7-10-13-16-19-22-25-27-29-30-32-34-37-40-43-46-49-52-55-64(68)75-61(57-71-62(66)53-50-47-44-41-38-36-33-31-28-26-23-20-17-14-11-8-5-2)59-73-76(69,70)72-58-60(56-65)74-63(67)54-51-48-45-42-39-35-24-21-18-15-12-9-6-3/h8,11,16-17,19-21,24-28,30,32-33,36,41,44,60-61,65H,4-7,9-10,12-15,18,22-23,29,31,34-35,37-40,42-43,45-59H2,1-3H3,(H,69,70)/b11-8-,19-16-,20-17-,24-21-,27-25-,28-26-,32-30-,36-33-,44-41-. The molecule has 0 bridgehead atoms. The summed E-state index contributed by atoms with van der Waals surface area (Å²) in [5, 5.41) is 9.81. The van der Waals surface area contributed by atoms with Crippen molar-refractivity contribution < 1.29 is 52.2 Å². The van der Waals surface area contributed by atoms with Crippen LogP contribution < -0.4 is 0 Å². The minimum absolute atomic E-state index is 0.135. The van der Waals surface area contributed by atoms with Crippen molar-refractivity contribution in [3.8, 4) is 0 Å². The number of ether oxygens (including phenoxy) is 3. The lowest BCUT2D eigenvalue weighted by Crippen LogP contribution is -2.30. The number of aliphatic hydroxyl groups is 1. The molecule has 434 valence electrons. The van der Waals surface area contributed by atoms with Crippen molar-refractivity contribution in [3.63, 3.8) is 0 Å². The second-order valence-corrected chi connectivity index (χ2v) is 20.9. The van der Waals surface area contributed by atoms with Gasteiger partial charge < -0.3 is 24.2 Å². The van der Waals surface area contributed by atoms with Crippen LogP contribution in [0.3, 0.4) is 0 Å². The predicted molar refractivity (Wildman–Crippen MR) is 316 cm³/mol. The lowest BCUT2D eigenvalue weighted by Gasteiger charge is -2.21. The van der Waals surface area contributed by atoms with Crippen LogP contribution in [0.15, 0.2) is 109 Å². The van der Waals surface area contributed by atoms with Gasteiger partial charge in [-0.25, -0.2) is 4.57 Å². The Labute approximate surface area is 463 Å². The number of hydrogen-bond donors (Lipinski definition) is 2. The zero-order chi connectivity index (χ0) is 55.5. The summed E-state index contributed by atoms with van der Waals surface area (Å²) in [6, 6.07) is 0. The summed E-state index contributed by atoms with van der Waals surface area (Å²) in [6.07, 6.45) is 69.0. The van der Waals surface area contributed by atoms with Crippen molar-refractivity contribution in [1.29, 1.82) is 0 Å². The second-order valence-electron chi connectivity index (χ2n) is 19.4. The van der Waals surface area contributed by atoms with Crippen LogP contribution in [0.4, 0.5) is 0 Å². The zero-order valence-electron chi connectivity index (χ0n) is 47.9. The number of phosphoric ester groups is 1. The Bertz CT molecular complexity index is 1690. The molecule has 0 radical (unpaired) electrons. The van der Waals surface area contributed by atoms with Gasteiger partial charge in [0.1, 0.15) is 12.7 Å². The van der Waals surface area contributed by atoms with Crippen molar-refractivity contribution in [1.82, 2.24) is 0 Å². The molecule has 2 N–H and O–H groups in total. The van der Waals surface area contributed by atoms with E-state index in [2.05, 4.69) is 124 Å². The van der Waals surface area contributed by atoms with Crippen LogP contribution in [-0.2, 0) is 42.2 Å². The topological polar surface area (TPSA) is 155 Å². The molecule has 0 saturated heterocycles. The smallest absolute Gasteiger partial charge is 0.462 e. The number of aliphatic hydroxyl groups excluding tert-OH is 1. The van der Waals surface area contributed by atoms with E-state index in [0.717, 1.165) is 122 Å². The first-order chi connectivity index (χ1) is 37.2. The molecule has 0 saturated carbocycles. The van der Waals surface area contributed by atoms with E-state index in [4.69, 9.17) is 23.3 Å². The van der Waals surface area contributed by atoms with Gasteiger partial charge in [-0.2, -0.15) is 0 Å². The van der Waals surface area contributed by atoms with E-state index in [-0.39, 0.29) is 25.9 Å². The number of allylic oxidation sites excluding steroid dienone is 18. The number of carbonyl (C=O) groups excluding carboxylic acids is 3. The van der Waals surface area contributed by atoms with E-state index in [1.807, 2.05) is 6.08 Å². The van der Waals surface area contributed by atoms with Gasteiger partial charge >= 0.3 is 25.7 Å². The molecule has 0 fully saturated rings. The molecule has 0 aliphatic heterocycles. The van der Waals surface area contributed by atoms with Gasteiger partial charge in [0.15, 0.2) is 6.10 Å². The second kappa shape index (κ2) is 57.3. The Morgan fingerprint density at radius 2 is 0.697 bits per heavy atom. The first kappa shape index (κ1) is 72.1. The average molecular weight is 1080 g/mol. The van der Waals surface area contributed by atoms with Gasteiger partial charge in [-0.3, -0.25) is 23.4 Å². The third-order valence-electron chi connectivity index (χ3n) is 12.1. The van der Waals surface area contributed by atoms with E-state index >= 15 is 0 Å². The molecule has 0 amide bonds. The van der Waals surface area contributed by atoms with E-state index < -0.39 is 57.8 Å². The third-order valence-corrected chi connectivity index (χ3v) is 13.1. The van der Waals surface area contributed by atoms with Crippen LogP contribution in [-0.4, -0.2) is 66.5 Å². The molecule has 12 heteroatoms. The molecule has 0 aliphatic carbocycles. The summed E-state index contributed by atoms with van der Waals surface area (Å²) < 4.78 is 39.5. The monoisotopic (exact) mass is 1080 g/mol. The van der Waals surface area contributed by atoms with Gasteiger partial charge in [-0.1, -0.05) is 207 Å². The predicted octanol–water partition coefficient (Wildman–Crippen LogP) is 17.8. The molecule has 3 atom stereocenters. The van der Waals surface area contributed by atoms with Crippen LogP contribution in [0.5, 0.6) is 0 Å². The van der Waals surface area contributed by atoms with Gasteiger partial charge in [0.2, 0.25) is 0 Å². The van der Waals surface area contributed by atoms with Crippen LogP contribution in [0.2, 0.25) is 0 Å². The summed E-state index contributed by atoms with van der Waals surface area (Å²) in [5.74, 6) is -1.57. The summed E-state index contributed by atoms with van der Waals surface area (Å²) in [5.41, 5.74) is 0. The Hall–Kier alpha value is -3.86. The summed E-state index contributed by atoms with van der Waals surface area (Å²) in [7, 11) is -4.77. The maximum atomic E-state index is 12.9. The Balaban J connectivity index is 4.85. The van der Waals surface area contributed by atoms with Gasteiger partial charge in [-0.05, 0) is 122 Å². The van der Waals surface area contributed by atoms with E-state index in [0.29, 0.717) is 25.7 Å². The number of hydrogen-bond acceptors (Lipinski definition) is 10. The largest absolute Gasteiger partial charge is 0.472 e. The highest BCUT2D eigenvalue weighted by Crippen LogP contribution is 2.43. The first-order valence-corrected chi connectivity index (χ1v) is 31.3. The van der Waals surface area contributed by atoms with Crippen LogP contribution in [0.1, 0.15) is 239 Å². The van der Waals surface area contributed by atoms with Crippen LogP contribution >= 0.6 is 7.82 Å². The summed E-state index contributed by atoms with van der Waals surface area (Å²) in [6.45, 7) is 4.40. The molecule has 0 aromatic carbocycles. The maximum absolute atomic E-state index is 12.9. The van der Waals surface area contributed by atoms with Crippen molar-refractivity contribution >= 4 is 25.7 Å². The van der Waals surface area contributed by atoms with Gasteiger partial charge in [0.05, 0.1) is 19.8 Å². The average Bonchev–Trinajstić information content (AvgIpc) is 3.41. The number of phosphoric acid groups is 1. The third kappa shape index (κ3) is 54.9. The van der Waals surface area contributed by atoms with Crippen molar-refractivity contribution in [2.75, 3.05) is 26.4 Å². The fourth-order valence-corrected chi connectivity index (χ4v) is 8.41. The van der Waals surface area contributed by atoms with Crippen LogP contribution in [0.25, 0.3) is 0 Å². The molecule has 76 heavy (non-hydrogen) atoms. The normalized spacial score (nSPS) is 14.1. The molecule has 0 aromatic rings. The van der Waals surface area contributed by atoms with Gasteiger partial charge in [0.25, 0.3) is 0 Å². The highest BCUT2D eigenvalue weighted by atomic mass is 31.2. The molecule has 11 nitrogen and oxygen atoms in total. The lowest BCUT2D eigenvalue weighted by molar-refractivity contribution is -0.161. The van der Waals surface area contributed by atoms with E-state index in [1.165, 1.54) is 51.4 Å². The number of rotatable bonds is 54. The first-order valence-electron chi connectivity index (χ1n) is 29.8. The molecule has 0 aliphatic rings. The molecule has 0 aromatic heterocycles. The zero-order valence-corrected chi connectivity index (χ0v) is 48.8.